The summed E-state index contributed by atoms with van der Waals surface area (Å²) in [4.78, 5) is 26.9. The van der Waals surface area contributed by atoms with Gasteiger partial charge >= 0.3 is 5.97 Å². The van der Waals surface area contributed by atoms with Crippen LogP contribution < -0.4 is 5.32 Å². The molecule has 0 radical (unpaired) electrons. The molecule has 0 bridgehead atoms. The van der Waals surface area contributed by atoms with Crippen LogP contribution in [0.15, 0.2) is 75.5 Å². The van der Waals surface area contributed by atoms with Crippen molar-refractivity contribution in [3.63, 3.8) is 0 Å². The first-order valence-corrected chi connectivity index (χ1v) is 13.7. The summed E-state index contributed by atoms with van der Waals surface area (Å²) < 4.78 is 6.54. The Bertz CT molecular complexity index is 1160. The first-order valence-electron chi connectivity index (χ1n) is 11.4. The van der Waals surface area contributed by atoms with Crippen LogP contribution in [0.2, 0.25) is 5.02 Å². The van der Waals surface area contributed by atoms with Crippen LogP contribution in [0.1, 0.15) is 49.7 Å². The van der Waals surface area contributed by atoms with Crippen LogP contribution in [0.25, 0.3) is 0 Å². The third-order valence-corrected chi connectivity index (χ3v) is 7.84. The first kappa shape index (κ1) is 25.1. The molecule has 2 aromatic rings. The molecule has 178 valence electrons. The molecular formula is C27H27BrClNO3S. The lowest BCUT2D eigenvalue weighted by molar-refractivity contribution is -0.138. The normalized spacial score (nSPS) is 20.2. The Balaban J connectivity index is 1.71. The highest BCUT2D eigenvalue weighted by Crippen LogP contribution is 2.46. The van der Waals surface area contributed by atoms with E-state index in [4.69, 9.17) is 16.3 Å². The summed E-state index contributed by atoms with van der Waals surface area (Å²) in [6, 6.07) is 15.5. The zero-order chi connectivity index (χ0) is 24.2. The smallest absolute Gasteiger partial charge is 0.336 e. The average molecular weight is 561 g/mol. The minimum Gasteiger partial charge on any atom is -0.461 e. The summed E-state index contributed by atoms with van der Waals surface area (Å²) in [5.41, 5.74) is 4.79. The van der Waals surface area contributed by atoms with E-state index in [0.717, 1.165) is 38.5 Å². The van der Waals surface area contributed by atoms with E-state index >= 15 is 0 Å². The minimum absolute atomic E-state index is 0.0537. The lowest BCUT2D eigenvalue weighted by atomic mass is 9.72. The number of carbonyl (C=O) groups is 2. The molecule has 2 aromatic carbocycles. The maximum absolute atomic E-state index is 13.6. The number of allylic oxidation sites excluding steroid dienone is 3. The van der Waals surface area contributed by atoms with Gasteiger partial charge in [0.15, 0.2) is 5.78 Å². The number of Topliss-reactive ketones (excluding diaryl/α,β-unsaturated/α-hetero) is 1. The Kier molecular flexibility index (Phi) is 8.22. The van der Waals surface area contributed by atoms with Crippen LogP contribution in [0.5, 0.6) is 0 Å². The maximum Gasteiger partial charge on any atom is 0.336 e. The van der Waals surface area contributed by atoms with Gasteiger partial charge in [-0.1, -0.05) is 58.7 Å². The van der Waals surface area contributed by atoms with Gasteiger partial charge in [0, 0.05) is 44.6 Å². The zero-order valence-electron chi connectivity index (χ0n) is 19.2. The second-order valence-corrected chi connectivity index (χ2v) is 11.2. The largest absolute Gasteiger partial charge is 0.461 e. The highest BCUT2D eigenvalue weighted by molar-refractivity contribution is 9.10. The second-order valence-electron chi connectivity index (χ2n) is 8.46. The predicted molar refractivity (Wildman–Crippen MR) is 142 cm³/mol. The van der Waals surface area contributed by atoms with Crippen molar-refractivity contribution in [3.8, 4) is 0 Å². The van der Waals surface area contributed by atoms with Gasteiger partial charge in [-0.25, -0.2) is 4.79 Å². The minimum atomic E-state index is -0.459. The average Bonchev–Trinajstić information content (AvgIpc) is 2.81. The Labute approximate surface area is 218 Å². The number of nitrogens with one attached hydrogen (secondary N) is 1. The second kappa shape index (κ2) is 11.1. The first-order chi connectivity index (χ1) is 16.4. The van der Waals surface area contributed by atoms with Crippen LogP contribution in [0.3, 0.4) is 0 Å². The summed E-state index contributed by atoms with van der Waals surface area (Å²) in [7, 11) is 0. The Morgan fingerprint density at radius 2 is 1.94 bits per heavy atom. The van der Waals surface area contributed by atoms with E-state index in [9.17, 15) is 9.59 Å². The molecule has 2 unspecified atom stereocenters. The molecule has 2 aliphatic rings. The van der Waals surface area contributed by atoms with Crippen LogP contribution in [-0.4, -0.2) is 29.9 Å². The molecule has 0 fully saturated rings. The van der Waals surface area contributed by atoms with Crippen LogP contribution in [-0.2, 0) is 14.3 Å². The monoisotopic (exact) mass is 559 g/mol. The highest BCUT2D eigenvalue weighted by Gasteiger charge is 2.41. The van der Waals surface area contributed by atoms with Crippen molar-refractivity contribution < 1.29 is 14.3 Å². The maximum atomic E-state index is 13.6. The fourth-order valence-electron chi connectivity index (χ4n) is 4.72. The summed E-state index contributed by atoms with van der Waals surface area (Å²) >= 11 is 11.3. The van der Waals surface area contributed by atoms with Gasteiger partial charge in [-0.05, 0) is 60.4 Å². The summed E-state index contributed by atoms with van der Waals surface area (Å²) in [6.45, 7) is 4.31. The molecule has 4 rings (SSSR count). The van der Waals surface area contributed by atoms with Gasteiger partial charge in [-0.3, -0.25) is 4.79 Å². The molecule has 0 saturated carbocycles. The Morgan fingerprint density at radius 1 is 1.18 bits per heavy atom. The summed E-state index contributed by atoms with van der Waals surface area (Å²) in [5, 5.41) is 4.08. The lowest BCUT2D eigenvalue weighted by Crippen LogP contribution is -2.36. The fraction of sp³-hybridized carbons (Fsp3) is 0.333. The number of rotatable bonds is 7. The van der Waals surface area contributed by atoms with E-state index in [1.54, 1.807) is 11.8 Å². The van der Waals surface area contributed by atoms with Crippen molar-refractivity contribution >= 4 is 51.0 Å². The van der Waals surface area contributed by atoms with Gasteiger partial charge in [-0.2, -0.15) is 11.8 Å². The highest BCUT2D eigenvalue weighted by atomic mass is 79.9. The molecule has 1 aliphatic carbocycles. The molecule has 7 heteroatoms. The topological polar surface area (TPSA) is 55.4 Å². The molecule has 0 spiro atoms. The molecular weight excluding hydrogens is 534 g/mol. The number of benzene rings is 2. The fourth-order valence-corrected chi connectivity index (χ4v) is 5.75. The van der Waals surface area contributed by atoms with Crippen LogP contribution in [0, 0.1) is 0 Å². The third-order valence-electron chi connectivity index (χ3n) is 6.24. The van der Waals surface area contributed by atoms with Crippen molar-refractivity contribution in [2.45, 2.75) is 38.5 Å². The lowest BCUT2D eigenvalue weighted by Gasteiger charge is -2.36. The SMILES string of the molecule is CCSCCOC(=O)C1=C(C)NC2=C(C(=O)CC(c3ccc(Cl)cc3)C2)C1c1cccc(Br)c1. The van der Waals surface area contributed by atoms with E-state index in [1.165, 1.54) is 0 Å². The van der Waals surface area contributed by atoms with Gasteiger partial charge in [0.05, 0.1) is 5.57 Å². The number of hydrogen-bond acceptors (Lipinski definition) is 5. The number of dihydropyridines is 1. The number of esters is 1. The Morgan fingerprint density at radius 3 is 2.65 bits per heavy atom. The molecule has 1 N–H and O–H groups in total. The van der Waals surface area contributed by atoms with E-state index < -0.39 is 5.92 Å². The third kappa shape index (κ3) is 5.45. The standard InChI is InChI=1S/C27H27BrClNO3S/c1-3-34-12-11-33-27(32)24-16(2)30-22-14-19(17-7-9-21(29)10-8-17)15-23(31)26(22)25(24)18-5-4-6-20(28)13-18/h4-10,13,19,25,30H,3,11-12,14-15H2,1-2H3. The molecule has 2 atom stereocenters. The van der Waals surface area contributed by atoms with Crippen molar-refractivity contribution in [1.29, 1.82) is 0 Å². The van der Waals surface area contributed by atoms with Crippen LogP contribution in [0.4, 0.5) is 0 Å². The molecule has 0 aromatic heterocycles. The van der Waals surface area contributed by atoms with Crippen molar-refractivity contribution in [1.82, 2.24) is 5.32 Å². The van der Waals surface area contributed by atoms with Crippen molar-refractivity contribution in [2.75, 3.05) is 18.1 Å². The summed E-state index contributed by atoms with van der Waals surface area (Å²) in [6.07, 6.45) is 1.08. The molecule has 0 saturated heterocycles. The molecule has 1 heterocycles. The number of halogens is 2. The molecule has 1 aliphatic heterocycles. The van der Waals surface area contributed by atoms with Gasteiger partial charge in [0.25, 0.3) is 0 Å². The number of thioether (sulfide) groups is 1. The number of carbonyl (C=O) groups excluding carboxylic acids is 2. The van der Waals surface area contributed by atoms with Gasteiger partial charge in [0.2, 0.25) is 0 Å². The Hall–Kier alpha value is -2.02. The molecule has 4 nitrogen and oxygen atoms in total. The zero-order valence-corrected chi connectivity index (χ0v) is 22.4. The van der Waals surface area contributed by atoms with E-state index in [1.807, 2.05) is 55.5 Å². The number of ketones is 1. The number of ether oxygens (including phenoxy) is 1. The van der Waals surface area contributed by atoms with Gasteiger partial charge in [0.1, 0.15) is 6.61 Å². The quantitative estimate of drug-likeness (QED) is 0.299. The van der Waals surface area contributed by atoms with Crippen LogP contribution >= 0.6 is 39.3 Å². The van der Waals surface area contributed by atoms with E-state index in [-0.39, 0.29) is 17.7 Å². The van der Waals surface area contributed by atoms with E-state index in [0.29, 0.717) is 35.6 Å². The van der Waals surface area contributed by atoms with E-state index in [2.05, 4.69) is 28.2 Å². The van der Waals surface area contributed by atoms with Gasteiger partial charge in [-0.15, -0.1) is 0 Å². The van der Waals surface area contributed by atoms with Gasteiger partial charge < -0.3 is 10.1 Å². The van der Waals surface area contributed by atoms with Crippen molar-refractivity contribution in [3.05, 3.63) is 91.7 Å². The predicted octanol–water partition coefficient (Wildman–Crippen LogP) is 6.76. The molecule has 0 amide bonds. The van der Waals surface area contributed by atoms with Crippen molar-refractivity contribution in [2.24, 2.45) is 0 Å². The summed E-state index contributed by atoms with van der Waals surface area (Å²) in [5.74, 6) is 1.01. The molecule has 34 heavy (non-hydrogen) atoms. The number of hydrogen-bond donors (Lipinski definition) is 1.